The number of hydrogen-bond donors (Lipinski definition) is 1. The molecular formula is C17H36N2O2. The van der Waals surface area contributed by atoms with Crippen LogP contribution in [0, 0.1) is 11.3 Å². The summed E-state index contributed by atoms with van der Waals surface area (Å²) in [6.45, 7) is 16.1. The Hall–Kier alpha value is -0.160. The van der Waals surface area contributed by atoms with Crippen molar-refractivity contribution in [1.29, 1.82) is 0 Å². The second-order valence-corrected chi connectivity index (χ2v) is 7.00. The highest BCUT2D eigenvalue weighted by Gasteiger charge is 2.35. The van der Waals surface area contributed by atoms with Crippen molar-refractivity contribution in [2.45, 2.75) is 46.6 Å². The van der Waals surface area contributed by atoms with Gasteiger partial charge < -0.3 is 14.8 Å². The molecule has 1 saturated heterocycles. The molecule has 1 unspecified atom stereocenters. The molecule has 4 nitrogen and oxygen atoms in total. The maximum absolute atomic E-state index is 5.60. The quantitative estimate of drug-likeness (QED) is 0.672. The molecule has 0 aromatic heterocycles. The number of hydrogen-bond acceptors (Lipinski definition) is 4. The molecule has 1 atom stereocenters. The molecule has 1 fully saturated rings. The Labute approximate surface area is 131 Å². The zero-order chi connectivity index (χ0) is 15.7. The van der Waals surface area contributed by atoms with Crippen molar-refractivity contribution in [3.05, 3.63) is 0 Å². The standard InChI is InChI=1S/C17H36N2O2/c1-6-19(16(4)12-20-5)14-17(7-9-21-10-8-17)13-18-11-15(2)3/h15-16,18H,6-14H2,1-5H3. The maximum Gasteiger partial charge on any atom is 0.0615 e. The summed E-state index contributed by atoms with van der Waals surface area (Å²) in [5.41, 5.74) is 0.352. The van der Waals surface area contributed by atoms with E-state index >= 15 is 0 Å². The average molecular weight is 300 g/mol. The normalized spacial score (nSPS) is 20.1. The van der Waals surface area contributed by atoms with Crippen LogP contribution in [0.5, 0.6) is 0 Å². The molecule has 21 heavy (non-hydrogen) atoms. The highest BCUT2D eigenvalue weighted by atomic mass is 16.5. The van der Waals surface area contributed by atoms with Gasteiger partial charge in [0.25, 0.3) is 0 Å². The molecule has 0 radical (unpaired) electrons. The van der Waals surface area contributed by atoms with E-state index in [0.29, 0.717) is 17.4 Å². The van der Waals surface area contributed by atoms with Gasteiger partial charge in [0.2, 0.25) is 0 Å². The minimum Gasteiger partial charge on any atom is -0.383 e. The van der Waals surface area contributed by atoms with E-state index in [2.05, 4.69) is 37.9 Å². The minimum atomic E-state index is 0.352. The topological polar surface area (TPSA) is 33.7 Å². The van der Waals surface area contributed by atoms with Crippen molar-refractivity contribution in [2.24, 2.45) is 11.3 Å². The molecule has 1 rings (SSSR count). The van der Waals surface area contributed by atoms with Crippen LogP contribution >= 0.6 is 0 Å². The Morgan fingerprint density at radius 1 is 1.24 bits per heavy atom. The van der Waals surface area contributed by atoms with Crippen molar-refractivity contribution < 1.29 is 9.47 Å². The fourth-order valence-electron chi connectivity index (χ4n) is 3.18. The van der Waals surface area contributed by atoms with E-state index in [-0.39, 0.29) is 0 Å². The molecule has 0 aromatic carbocycles. The van der Waals surface area contributed by atoms with E-state index < -0.39 is 0 Å². The molecule has 0 saturated carbocycles. The van der Waals surface area contributed by atoms with Gasteiger partial charge in [-0.2, -0.15) is 0 Å². The Balaban J connectivity index is 2.62. The molecule has 126 valence electrons. The van der Waals surface area contributed by atoms with Crippen molar-refractivity contribution in [2.75, 3.05) is 53.1 Å². The summed E-state index contributed by atoms with van der Waals surface area (Å²) >= 11 is 0. The first-order chi connectivity index (χ1) is 10.0. The highest BCUT2D eigenvalue weighted by molar-refractivity contribution is 4.88. The summed E-state index contributed by atoms with van der Waals surface area (Å²) < 4.78 is 10.9. The molecule has 1 heterocycles. The van der Waals surface area contributed by atoms with Gasteiger partial charge in [-0.15, -0.1) is 0 Å². The van der Waals surface area contributed by atoms with Crippen molar-refractivity contribution in [1.82, 2.24) is 10.2 Å². The lowest BCUT2D eigenvalue weighted by Crippen LogP contribution is -2.50. The maximum atomic E-state index is 5.60. The first-order valence-electron chi connectivity index (χ1n) is 8.54. The molecule has 0 bridgehead atoms. The fourth-order valence-corrected chi connectivity index (χ4v) is 3.18. The number of nitrogens with zero attached hydrogens (tertiary/aromatic N) is 1. The van der Waals surface area contributed by atoms with E-state index in [1.165, 1.54) is 0 Å². The Morgan fingerprint density at radius 2 is 1.90 bits per heavy atom. The molecule has 0 amide bonds. The fraction of sp³-hybridized carbons (Fsp3) is 1.00. The average Bonchev–Trinajstić information content (AvgIpc) is 2.45. The minimum absolute atomic E-state index is 0.352. The smallest absolute Gasteiger partial charge is 0.0615 e. The molecular weight excluding hydrogens is 264 g/mol. The predicted molar refractivity (Wildman–Crippen MR) is 88.8 cm³/mol. The molecule has 1 N–H and O–H groups in total. The summed E-state index contributed by atoms with van der Waals surface area (Å²) in [5, 5.41) is 3.68. The summed E-state index contributed by atoms with van der Waals surface area (Å²) in [7, 11) is 1.79. The lowest BCUT2D eigenvalue weighted by molar-refractivity contribution is -0.0164. The molecule has 0 aromatic rings. The predicted octanol–water partition coefficient (Wildman–Crippen LogP) is 2.39. The highest BCUT2D eigenvalue weighted by Crippen LogP contribution is 2.31. The monoisotopic (exact) mass is 300 g/mol. The number of methoxy groups -OCH3 is 1. The summed E-state index contributed by atoms with van der Waals surface area (Å²) in [4.78, 5) is 2.56. The van der Waals surface area contributed by atoms with Crippen LogP contribution in [0.3, 0.4) is 0 Å². The molecule has 0 spiro atoms. The van der Waals surface area contributed by atoms with Crippen LogP contribution in [0.2, 0.25) is 0 Å². The van der Waals surface area contributed by atoms with Crippen LogP contribution in [0.4, 0.5) is 0 Å². The summed E-state index contributed by atoms with van der Waals surface area (Å²) in [5.74, 6) is 0.705. The molecule has 1 aliphatic rings. The zero-order valence-corrected chi connectivity index (χ0v) is 14.8. The Morgan fingerprint density at radius 3 is 2.43 bits per heavy atom. The van der Waals surface area contributed by atoms with Gasteiger partial charge in [-0.05, 0) is 44.2 Å². The van der Waals surface area contributed by atoms with E-state index in [9.17, 15) is 0 Å². The van der Waals surface area contributed by atoms with Crippen LogP contribution in [0.25, 0.3) is 0 Å². The van der Waals surface area contributed by atoms with Crippen LogP contribution in [-0.2, 0) is 9.47 Å². The van der Waals surface area contributed by atoms with Crippen LogP contribution in [-0.4, -0.2) is 64.1 Å². The van der Waals surface area contributed by atoms with Crippen LogP contribution in [0.15, 0.2) is 0 Å². The molecule has 1 aliphatic heterocycles. The molecule has 0 aliphatic carbocycles. The van der Waals surface area contributed by atoms with Gasteiger partial charge in [-0.25, -0.2) is 0 Å². The third kappa shape index (κ3) is 6.64. The third-order valence-corrected chi connectivity index (χ3v) is 4.58. The van der Waals surface area contributed by atoms with Gasteiger partial charge in [0.15, 0.2) is 0 Å². The second kappa shape index (κ2) is 9.78. The van der Waals surface area contributed by atoms with Crippen molar-refractivity contribution in [3.63, 3.8) is 0 Å². The van der Waals surface area contributed by atoms with Crippen molar-refractivity contribution in [3.8, 4) is 0 Å². The largest absolute Gasteiger partial charge is 0.383 e. The first-order valence-corrected chi connectivity index (χ1v) is 8.54. The SMILES string of the molecule is CCN(CC1(CNCC(C)C)CCOCC1)C(C)COC. The number of rotatable bonds is 10. The van der Waals surface area contributed by atoms with E-state index in [1.54, 1.807) is 7.11 Å². The third-order valence-electron chi connectivity index (χ3n) is 4.58. The van der Waals surface area contributed by atoms with Gasteiger partial charge >= 0.3 is 0 Å². The lowest BCUT2D eigenvalue weighted by atomic mass is 9.79. The van der Waals surface area contributed by atoms with E-state index in [4.69, 9.17) is 9.47 Å². The van der Waals surface area contributed by atoms with Gasteiger partial charge in [0.05, 0.1) is 6.61 Å². The number of likely N-dealkylation sites (N-methyl/N-ethyl adjacent to an activating group) is 1. The first kappa shape index (κ1) is 18.9. The van der Waals surface area contributed by atoms with Gasteiger partial charge in [0.1, 0.15) is 0 Å². The van der Waals surface area contributed by atoms with Gasteiger partial charge in [-0.1, -0.05) is 20.8 Å². The molecule has 4 heteroatoms. The summed E-state index contributed by atoms with van der Waals surface area (Å²) in [6.07, 6.45) is 2.32. The van der Waals surface area contributed by atoms with Crippen LogP contribution < -0.4 is 5.32 Å². The van der Waals surface area contributed by atoms with E-state index in [0.717, 1.165) is 58.8 Å². The van der Waals surface area contributed by atoms with Crippen LogP contribution in [0.1, 0.15) is 40.5 Å². The second-order valence-electron chi connectivity index (χ2n) is 7.00. The summed E-state index contributed by atoms with van der Waals surface area (Å²) in [6, 6.07) is 0.477. The zero-order valence-electron chi connectivity index (χ0n) is 14.8. The Bertz CT molecular complexity index is 266. The number of nitrogens with one attached hydrogen (secondary N) is 1. The number of ether oxygens (including phenoxy) is 2. The van der Waals surface area contributed by atoms with E-state index in [1.807, 2.05) is 0 Å². The Kier molecular flexibility index (Phi) is 8.79. The van der Waals surface area contributed by atoms with Crippen molar-refractivity contribution >= 4 is 0 Å². The lowest BCUT2D eigenvalue weighted by Gasteiger charge is -2.43. The van der Waals surface area contributed by atoms with Gasteiger partial charge in [-0.3, -0.25) is 4.90 Å². The van der Waals surface area contributed by atoms with Gasteiger partial charge in [0, 0.05) is 39.5 Å².